The SMILES string of the molecule is CCOC(=O)c1nc(-c2ccc3ccccc3n2)oc1CC(C)C. The van der Waals surface area contributed by atoms with Crippen molar-refractivity contribution in [3.63, 3.8) is 0 Å². The van der Waals surface area contributed by atoms with Crippen LogP contribution in [0.3, 0.4) is 0 Å². The van der Waals surface area contributed by atoms with Crippen molar-refractivity contribution in [3.05, 3.63) is 47.9 Å². The van der Waals surface area contributed by atoms with E-state index in [1.165, 1.54) is 0 Å². The molecule has 0 unspecified atom stereocenters. The normalized spacial score (nSPS) is 11.2. The van der Waals surface area contributed by atoms with E-state index in [9.17, 15) is 4.79 Å². The number of rotatable bonds is 5. The number of fused-ring (bicyclic) bond motifs is 1. The van der Waals surface area contributed by atoms with Crippen molar-refractivity contribution >= 4 is 16.9 Å². The molecule has 2 heterocycles. The van der Waals surface area contributed by atoms with E-state index >= 15 is 0 Å². The fourth-order valence-electron chi connectivity index (χ4n) is 2.51. The predicted molar refractivity (Wildman–Crippen MR) is 91.7 cm³/mol. The molecule has 2 aromatic heterocycles. The van der Waals surface area contributed by atoms with Crippen LogP contribution in [-0.2, 0) is 11.2 Å². The molecule has 0 aliphatic heterocycles. The molecule has 5 nitrogen and oxygen atoms in total. The minimum absolute atomic E-state index is 0.246. The van der Waals surface area contributed by atoms with E-state index < -0.39 is 5.97 Å². The van der Waals surface area contributed by atoms with Crippen LogP contribution in [0.1, 0.15) is 37.0 Å². The lowest BCUT2D eigenvalue weighted by Crippen LogP contribution is -2.09. The quantitative estimate of drug-likeness (QED) is 0.656. The first-order valence-electron chi connectivity index (χ1n) is 8.11. The molecule has 0 atom stereocenters. The molecule has 0 fully saturated rings. The van der Waals surface area contributed by atoms with Gasteiger partial charge in [0.25, 0.3) is 0 Å². The zero-order valence-electron chi connectivity index (χ0n) is 14.1. The first kappa shape index (κ1) is 16.2. The summed E-state index contributed by atoms with van der Waals surface area (Å²) < 4.78 is 10.9. The molecule has 3 rings (SSSR count). The number of carbonyl (C=O) groups is 1. The Hall–Kier alpha value is -2.69. The Morgan fingerprint density at radius 1 is 1.17 bits per heavy atom. The maximum Gasteiger partial charge on any atom is 0.360 e. The first-order valence-corrected chi connectivity index (χ1v) is 8.11. The van der Waals surface area contributed by atoms with Gasteiger partial charge in [-0.3, -0.25) is 0 Å². The Morgan fingerprint density at radius 2 is 1.96 bits per heavy atom. The van der Waals surface area contributed by atoms with E-state index in [0.717, 1.165) is 10.9 Å². The number of benzene rings is 1. The highest BCUT2D eigenvalue weighted by molar-refractivity contribution is 5.89. The lowest BCUT2D eigenvalue weighted by molar-refractivity contribution is 0.0517. The minimum Gasteiger partial charge on any atom is -0.461 e. The van der Waals surface area contributed by atoms with Crippen molar-refractivity contribution in [1.82, 2.24) is 9.97 Å². The average molecular weight is 324 g/mol. The van der Waals surface area contributed by atoms with Crippen molar-refractivity contribution in [2.45, 2.75) is 27.2 Å². The monoisotopic (exact) mass is 324 g/mol. The van der Waals surface area contributed by atoms with Gasteiger partial charge in [0.1, 0.15) is 11.5 Å². The molecule has 0 N–H and O–H groups in total. The van der Waals surface area contributed by atoms with E-state index in [1.807, 2.05) is 36.4 Å². The molecule has 3 aromatic rings. The molecule has 0 amide bonds. The molecule has 124 valence electrons. The van der Waals surface area contributed by atoms with Gasteiger partial charge in [0, 0.05) is 11.8 Å². The summed E-state index contributed by atoms with van der Waals surface area (Å²) in [6.45, 7) is 6.19. The number of nitrogens with zero attached hydrogens (tertiary/aromatic N) is 2. The number of aromatic nitrogens is 2. The molecular formula is C19H20N2O3. The summed E-state index contributed by atoms with van der Waals surface area (Å²) >= 11 is 0. The summed E-state index contributed by atoms with van der Waals surface area (Å²) in [5.74, 6) is 0.778. The number of ether oxygens (including phenoxy) is 1. The molecule has 0 aliphatic rings. The average Bonchev–Trinajstić information content (AvgIpc) is 2.98. The number of carbonyl (C=O) groups excluding carboxylic acids is 1. The van der Waals surface area contributed by atoms with Crippen molar-refractivity contribution in [2.24, 2.45) is 5.92 Å². The molecule has 1 aromatic carbocycles. The Balaban J connectivity index is 2.04. The summed E-state index contributed by atoms with van der Waals surface area (Å²) in [6, 6.07) is 11.6. The van der Waals surface area contributed by atoms with Crippen LogP contribution in [0.25, 0.3) is 22.5 Å². The fraction of sp³-hybridized carbons (Fsp3) is 0.316. The van der Waals surface area contributed by atoms with Gasteiger partial charge in [-0.15, -0.1) is 0 Å². The van der Waals surface area contributed by atoms with Gasteiger partial charge in [-0.05, 0) is 25.0 Å². The smallest absolute Gasteiger partial charge is 0.360 e. The second-order valence-electron chi connectivity index (χ2n) is 6.00. The van der Waals surface area contributed by atoms with E-state index in [2.05, 4.69) is 23.8 Å². The highest BCUT2D eigenvalue weighted by atomic mass is 16.5. The van der Waals surface area contributed by atoms with Gasteiger partial charge < -0.3 is 9.15 Å². The lowest BCUT2D eigenvalue weighted by atomic mass is 10.1. The summed E-state index contributed by atoms with van der Waals surface area (Å²) in [6.07, 6.45) is 0.620. The van der Waals surface area contributed by atoms with Crippen LogP contribution in [0.5, 0.6) is 0 Å². The number of oxazole rings is 1. The van der Waals surface area contributed by atoms with Gasteiger partial charge in [-0.25, -0.2) is 14.8 Å². The largest absolute Gasteiger partial charge is 0.461 e. The van der Waals surface area contributed by atoms with Crippen LogP contribution < -0.4 is 0 Å². The van der Waals surface area contributed by atoms with Crippen LogP contribution in [0, 0.1) is 5.92 Å². The van der Waals surface area contributed by atoms with Crippen molar-refractivity contribution < 1.29 is 13.9 Å². The zero-order valence-corrected chi connectivity index (χ0v) is 14.1. The summed E-state index contributed by atoms with van der Waals surface area (Å²) in [5.41, 5.74) is 1.71. The first-order chi connectivity index (χ1) is 11.6. The molecule has 0 radical (unpaired) electrons. The van der Waals surface area contributed by atoms with Crippen LogP contribution in [0.4, 0.5) is 0 Å². The van der Waals surface area contributed by atoms with Gasteiger partial charge >= 0.3 is 5.97 Å². The van der Waals surface area contributed by atoms with Crippen LogP contribution >= 0.6 is 0 Å². The van der Waals surface area contributed by atoms with Crippen molar-refractivity contribution in [1.29, 1.82) is 0 Å². The van der Waals surface area contributed by atoms with Crippen LogP contribution in [0.15, 0.2) is 40.8 Å². The molecule has 0 spiro atoms. The van der Waals surface area contributed by atoms with Crippen LogP contribution in [0.2, 0.25) is 0 Å². The molecule has 0 aliphatic carbocycles. The van der Waals surface area contributed by atoms with Gasteiger partial charge in [-0.2, -0.15) is 0 Å². The summed E-state index contributed by atoms with van der Waals surface area (Å²) in [7, 11) is 0. The van der Waals surface area contributed by atoms with Gasteiger partial charge in [0.05, 0.1) is 12.1 Å². The molecule has 0 saturated heterocycles. The zero-order chi connectivity index (χ0) is 17.1. The lowest BCUT2D eigenvalue weighted by Gasteiger charge is -2.03. The van der Waals surface area contributed by atoms with E-state index in [4.69, 9.17) is 9.15 Å². The number of pyridine rings is 1. The van der Waals surface area contributed by atoms with Gasteiger partial charge in [0.2, 0.25) is 5.89 Å². The molecule has 24 heavy (non-hydrogen) atoms. The van der Waals surface area contributed by atoms with E-state index in [-0.39, 0.29) is 5.69 Å². The van der Waals surface area contributed by atoms with Gasteiger partial charge in [-0.1, -0.05) is 38.1 Å². The van der Waals surface area contributed by atoms with Crippen molar-refractivity contribution in [2.75, 3.05) is 6.61 Å². The second-order valence-corrected chi connectivity index (χ2v) is 6.00. The molecule has 0 bridgehead atoms. The number of esters is 1. The Kier molecular flexibility index (Phi) is 4.60. The number of hydrogen-bond donors (Lipinski definition) is 0. The number of hydrogen-bond acceptors (Lipinski definition) is 5. The third kappa shape index (κ3) is 3.30. The maximum atomic E-state index is 12.1. The highest BCUT2D eigenvalue weighted by Gasteiger charge is 2.23. The number of para-hydroxylation sites is 1. The highest BCUT2D eigenvalue weighted by Crippen LogP contribution is 2.25. The van der Waals surface area contributed by atoms with Crippen LogP contribution in [-0.4, -0.2) is 22.5 Å². The molecule has 5 heteroatoms. The van der Waals surface area contributed by atoms with E-state index in [1.54, 1.807) is 6.92 Å². The Morgan fingerprint density at radius 3 is 2.71 bits per heavy atom. The summed E-state index contributed by atoms with van der Waals surface area (Å²) in [4.78, 5) is 21.1. The third-order valence-electron chi connectivity index (χ3n) is 3.58. The predicted octanol–water partition coefficient (Wildman–Crippen LogP) is 4.27. The van der Waals surface area contributed by atoms with E-state index in [0.29, 0.717) is 36.3 Å². The Bertz CT molecular complexity index is 868. The standard InChI is InChI=1S/C19H20N2O3/c1-4-23-19(22)17-16(11-12(2)3)24-18(21-17)15-10-9-13-7-5-6-8-14(13)20-15/h5-10,12H,4,11H2,1-3H3. The molecule has 0 saturated carbocycles. The Labute approximate surface area is 140 Å². The van der Waals surface area contributed by atoms with Gasteiger partial charge in [0.15, 0.2) is 5.69 Å². The fourth-order valence-corrected chi connectivity index (χ4v) is 2.51. The second kappa shape index (κ2) is 6.83. The topological polar surface area (TPSA) is 65.2 Å². The summed E-state index contributed by atoms with van der Waals surface area (Å²) in [5, 5.41) is 1.04. The third-order valence-corrected chi connectivity index (χ3v) is 3.58. The minimum atomic E-state index is -0.455. The van der Waals surface area contributed by atoms with Crippen molar-refractivity contribution in [3.8, 4) is 11.6 Å². The maximum absolute atomic E-state index is 12.1. The molecular weight excluding hydrogens is 304 g/mol.